The predicted molar refractivity (Wildman–Crippen MR) is 118 cm³/mol. The fourth-order valence-corrected chi connectivity index (χ4v) is 4.09. The summed E-state index contributed by atoms with van der Waals surface area (Å²) in [5, 5.41) is 5.44. The van der Waals surface area contributed by atoms with E-state index >= 15 is 0 Å². The Bertz CT molecular complexity index is 1100. The van der Waals surface area contributed by atoms with Gasteiger partial charge in [0.2, 0.25) is 5.43 Å². The summed E-state index contributed by atoms with van der Waals surface area (Å²) < 4.78 is 42.6. The van der Waals surface area contributed by atoms with Gasteiger partial charge in [0.1, 0.15) is 16.9 Å². The third kappa shape index (κ3) is 6.18. The Morgan fingerprint density at radius 2 is 1.56 bits per heavy atom. The van der Waals surface area contributed by atoms with Gasteiger partial charge in [-0.15, -0.1) is 13.2 Å². The number of nitrogens with zero attached hydrogens (tertiary/aromatic N) is 1. The Labute approximate surface area is 194 Å². The van der Waals surface area contributed by atoms with Crippen molar-refractivity contribution in [3.63, 3.8) is 0 Å². The van der Waals surface area contributed by atoms with E-state index in [9.17, 15) is 27.6 Å². The molecule has 2 aliphatic carbocycles. The zero-order valence-corrected chi connectivity index (χ0v) is 18.5. The van der Waals surface area contributed by atoms with Crippen LogP contribution < -0.4 is 20.8 Å². The summed E-state index contributed by atoms with van der Waals surface area (Å²) in [6, 6.07) is 5.25. The van der Waals surface area contributed by atoms with Crippen molar-refractivity contribution < 1.29 is 27.5 Å². The van der Waals surface area contributed by atoms with Gasteiger partial charge < -0.3 is 19.9 Å². The fourth-order valence-electron chi connectivity index (χ4n) is 4.09. The van der Waals surface area contributed by atoms with Gasteiger partial charge in [0.05, 0.1) is 0 Å². The van der Waals surface area contributed by atoms with E-state index in [0.29, 0.717) is 5.56 Å². The molecule has 10 heteroatoms. The van der Waals surface area contributed by atoms with Crippen LogP contribution in [0.3, 0.4) is 0 Å². The molecule has 2 amide bonds. The van der Waals surface area contributed by atoms with Crippen molar-refractivity contribution in [2.45, 2.75) is 69.9 Å². The first-order valence-electron chi connectivity index (χ1n) is 11.4. The van der Waals surface area contributed by atoms with E-state index in [1.807, 2.05) is 0 Å². The van der Waals surface area contributed by atoms with Crippen LogP contribution in [0.1, 0.15) is 77.3 Å². The second-order valence-corrected chi connectivity index (χ2v) is 8.78. The summed E-state index contributed by atoms with van der Waals surface area (Å²) in [5.41, 5.74) is -0.306. The van der Waals surface area contributed by atoms with Crippen LogP contribution >= 0.6 is 0 Å². The lowest BCUT2D eigenvalue weighted by Crippen LogP contribution is -2.36. The molecule has 2 saturated carbocycles. The maximum atomic E-state index is 13.0. The van der Waals surface area contributed by atoms with Crippen molar-refractivity contribution in [3.05, 3.63) is 63.6 Å². The molecule has 34 heavy (non-hydrogen) atoms. The van der Waals surface area contributed by atoms with E-state index in [1.165, 1.54) is 18.3 Å². The van der Waals surface area contributed by atoms with Crippen LogP contribution in [-0.2, 0) is 6.54 Å². The molecule has 4 rings (SSSR count). The van der Waals surface area contributed by atoms with Gasteiger partial charge in [0.15, 0.2) is 0 Å². The normalized spacial score (nSPS) is 16.7. The number of rotatable bonds is 7. The van der Waals surface area contributed by atoms with Crippen LogP contribution in [0.25, 0.3) is 0 Å². The Balaban J connectivity index is 1.52. The SMILES string of the molecule is O=C(NCc1ccc(OC(F)(F)F)cc1)c1cn(C2CCCCC2)cc(C(=O)NC2CC2)c1=O. The number of aromatic nitrogens is 1. The molecule has 0 radical (unpaired) electrons. The molecule has 1 aromatic carbocycles. The minimum atomic E-state index is -4.79. The maximum Gasteiger partial charge on any atom is 0.573 e. The van der Waals surface area contributed by atoms with E-state index in [1.54, 1.807) is 10.8 Å². The number of halogens is 3. The van der Waals surface area contributed by atoms with Gasteiger partial charge in [-0.3, -0.25) is 14.4 Å². The summed E-state index contributed by atoms with van der Waals surface area (Å²) in [5.74, 6) is -1.49. The zero-order chi connectivity index (χ0) is 24.3. The molecular formula is C24H26F3N3O4. The number of hydrogen-bond donors (Lipinski definition) is 2. The molecule has 2 fully saturated rings. The number of hydrogen-bond acceptors (Lipinski definition) is 4. The van der Waals surface area contributed by atoms with Crippen LogP contribution in [0, 0.1) is 0 Å². The quantitative estimate of drug-likeness (QED) is 0.629. The lowest BCUT2D eigenvalue weighted by Gasteiger charge is -2.25. The summed E-state index contributed by atoms with van der Waals surface area (Å²) in [7, 11) is 0. The van der Waals surface area contributed by atoms with Crippen molar-refractivity contribution in [1.82, 2.24) is 15.2 Å². The molecule has 0 spiro atoms. The number of nitrogens with one attached hydrogen (secondary N) is 2. The smallest absolute Gasteiger partial charge is 0.406 e. The number of benzene rings is 1. The first-order chi connectivity index (χ1) is 16.2. The Hall–Kier alpha value is -3.30. The van der Waals surface area contributed by atoms with Gasteiger partial charge >= 0.3 is 6.36 Å². The number of amides is 2. The highest BCUT2D eigenvalue weighted by atomic mass is 19.4. The third-order valence-corrected chi connectivity index (χ3v) is 6.05. The molecular weight excluding hydrogens is 451 g/mol. The van der Waals surface area contributed by atoms with Crippen molar-refractivity contribution in [3.8, 4) is 5.75 Å². The van der Waals surface area contributed by atoms with Crippen molar-refractivity contribution in [2.75, 3.05) is 0 Å². The maximum absolute atomic E-state index is 13.0. The van der Waals surface area contributed by atoms with Gasteiger partial charge in [-0.25, -0.2) is 0 Å². The summed E-state index contributed by atoms with van der Waals surface area (Å²) in [6.07, 6.45) is 5.02. The number of pyridine rings is 1. The van der Waals surface area contributed by atoms with E-state index in [4.69, 9.17) is 0 Å². The van der Waals surface area contributed by atoms with Crippen LogP contribution in [-0.4, -0.2) is 28.8 Å². The van der Waals surface area contributed by atoms with Crippen molar-refractivity contribution in [1.29, 1.82) is 0 Å². The Kier molecular flexibility index (Phi) is 6.95. The minimum absolute atomic E-state index is 0.00744. The van der Waals surface area contributed by atoms with Crippen LogP contribution in [0.2, 0.25) is 0 Å². The van der Waals surface area contributed by atoms with E-state index < -0.39 is 23.6 Å². The Morgan fingerprint density at radius 1 is 0.941 bits per heavy atom. The molecule has 2 aromatic rings. The zero-order valence-electron chi connectivity index (χ0n) is 18.5. The summed E-state index contributed by atoms with van der Waals surface area (Å²) in [4.78, 5) is 38.6. The van der Waals surface area contributed by atoms with Crippen LogP contribution in [0.15, 0.2) is 41.5 Å². The van der Waals surface area contributed by atoms with E-state index in [2.05, 4.69) is 15.4 Å². The molecule has 7 nitrogen and oxygen atoms in total. The second-order valence-electron chi connectivity index (χ2n) is 8.78. The highest BCUT2D eigenvalue weighted by Crippen LogP contribution is 2.28. The molecule has 2 aliphatic rings. The highest BCUT2D eigenvalue weighted by molar-refractivity contribution is 5.99. The monoisotopic (exact) mass is 477 g/mol. The number of carbonyl (C=O) groups is 2. The molecule has 0 saturated heterocycles. The van der Waals surface area contributed by atoms with Gasteiger partial charge in [0.25, 0.3) is 11.8 Å². The third-order valence-electron chi connectivity index (χ3n) is 6.05. The lowest BCUT2D eigenvalue weighted by molar-refractivity contribution is -0.274. The fraction of sp³-hybridized carbons (Fsp3) is 0.458. The minimum Gasteiger partial charge on any atom is -0.406 e. The van der Waals surface area contributed by atoms with E-state index in [0.717, 1.165) is 57.1 Å². The van der Waals surface area contributed by atoms with E-state index in [-0.39, 0.29) is 35.5 Å². The largest absolute Gasteiger partial charge is 0.573 e. The molecule has 1 heterocycles. The summed E-state index contributed by atoms with van der Waals surface area (Å²) in [6.45, 7) is -0.00744. The van der Waals surface area contributed by atoms with Crippen LogP contribution in [0.4, 0.5) is 13.2 Å². The average Bonchev–Trinajstić information content (AvgIpc) is 3.62. The van der Waals surface area contributed by atoms with Crippen molar-refractivity contribution in [2.24, 2.45) is 0 Å². The van der Waals surface area contributed by atoms with Crippen molar-refractivity contribution >= 4 is 11.8 Å². The molecule has 0 unspecified atom stereocenters. The molecule has 0 aliphatic heterocycles. The highest BCUT2D eigenvalue weighted by Gasteiger charge is 2.31. The standard InChI is InChI=1S/C24H26F3N3O4/c25-24(26,27)34-18-10-6-15(7-11-18)12-28-22(32)19-13-30(17-4-2-1-3-5-17)14-20(21(19)31)23(33)29-16-8-9-16/h6-7,10-11,13-14,16-17H,1-5,8-9,12H2,(H,28,32)(H,29,33). The first-order valence-corrected chi connectivity index (χ1v) is 11.4. The number of ether oxygens (including phenoxy) is 1. The van der Waals surface area contributed by atoms with Gasteiger partial charge in [-0.1, -0.05) is 31.4 Å². The number of alkyl halides is 3. The Morgan fingerprint density at radius 3 is 2.15 bits per heavy atom. The molecule has 1 aromatic heterocycles. The van der Waals surface area contributed by atoms with Gasteiger partial charge in [-0.05, 0) is 43.4 Å². The molecule has 0 bridgehead atoms. The van der Waals surface area contributed by atoms with Crippen LogP contribution in [0.5, 0.6) is 5.75 Å². The first kappa shape index (κ1) is 23.8. The lowest BCUT2D eigenvalue weighted by atomic mass is 9.95. The molecule has 0 atom stereocenters. The predicted octanol–water partition coefficient (Wildman–Crippen LogP) is 4.07. The topological polar surface area (TPSA) is 89.4 Å². The van der Waals surface area contributed by atoms with Gasteiger partial charge in [0, 0.05) is 31.0 Å². The number of carbonyl (C=O) groups excluding carboxylic acids is 2. The average molecular weight is 477 g/mol. The van der Waals surface area contributed by atoms with Gasteiger partial charge in [-0.2, -0.15) is 0 Å². The molecule has 2 N–H and O–H groups in total. The molecule has 182 valence electrons. The summed E-state index contributed by atoms with van der Waals surface area (Å²) >= 11 is 0. The second kappa shape index (κ2) is 9.90.